The van der Waals surface area contributed by atoms with Gasteiger partial charge in [-0.25, -0.2) is 0 Å². The Kier molecular flexibility index (Phi) is 5.73. The molecule has 1 atom stereocenters. The van der Waals surface area contributed by atoms with Crippen LogP contribution in [0.2, 0.25) is 0 Å². The van der Waals surface area contributed by atoms with E-state index in [9.17, 15) is 14.4 Å². The van der Waals surface area contributed by atoms with Crippen molar-refractivity contribution in [3.63, 3.8) is 0 Å². The minimum absolute atomic E-state index is 0.0264. The van der Waals surface area contributed by atoms with Crippen LogP contribution in [0.5, 0.6) is 0 Å². The fraction of sp³-hybridized carbons (Fsp3) is 0.471. The normalized spacial score (nSPS) is 17.3. The van der Waals surface area contributed by atoms with Crippen molar-refractivity contribution in [2.45, 2.75) is 26.3 Å². The molecule has 1 aliphatic rings. The van der Waals surface area contributed by atoms with Crippen molar-refractivity contribution in [2.75, 3.05) is 19.6 Å². The Morgan fingerprint density at radius 2 is 2.00 bits per heavy atom. The molecule has 1 fully saturated rings. The summed E-state index contributed by atoms with van der Waals surface area (Å²) in [6.45, 7) is 3.36. The molecule has 0 radical (unpaired) electrons. The fourth-order valence-electron chi connectivity index (χ4n) is 2.81. The van der Waals surface area contributed by atoms with Crippen molar-refractivity contribution in [1.29, 1.82) is 0 Å². The van der Waals surface area contributed by atoms with Gasteiger partial charge in [-0.2, -0.15) is 0 Å². The van der Waals surface area contributed by atoms with Gasteiger partial charge in [0.1, 0.15) is 0 Å². The summed E-state index contributed by atoms with van der Waals surface area (Å²) in [5.74, 6) is -1.46. The fourth-order valence-corrected chi connectivity index (χ4v) is 2.81. The second-order valence-electron chi connectivity index (χ2n) is 5.72. The highest BCUT2D eigenvalue weighted by molar-refractivity contribution is 5.89. The van der Waals surface area contributed by atoms with Crippen LogP contribution in [0.4, 0.5) is 0 Å². The van der Waals surface area contributed by atoms with E-state index in [-0.39, 0.29) is 37.1 Å². The van der Waals surface area contributed by atoms with Crippen LogP contribution in [-0.2, 0) is 20.9 Å². The summed E-state index contributed by atoms with van der Waals surface area (Å²) >= 11 is 0. The summed E-state index contributed by atoms with van der Waals surface area (Å²) in [6, 6.07) is 9.66. The van der Waals surface area contributed by atoms with Crippen molar-refractivity contribution in [2.24, 2.45) is 5.92 Å². The summed E-state index contributed by atoms with van der Waals surface area (Å²) in [6.07, 6.45) is 0.128. The van der Waals surface area contributed by atoms with Gasteiger partial charge in [0, 0.05) is 32.6 Å². The van der Waals surface area contributed by atoms with E-state index < -0.39 is 5.97 Å². The van der Waals surface area contributed by atoms with Crippen molar-refractivity contribution in [3.05, 3.63) is 35.9 Å². The zero-order valence-corrected chi connectivity index (χ0v) is 13.3. The quantitative estimate of drug-likeness (QED) is 0.823. The molecule has 0 bridgehead atoms. The van der Waals surface area contributed by atoms with E-state index in [1.165, 1.54) is 4.90 Å². The van der Waals surface area contributed by atoms with E-state index in [1.54, 1.807) is 4.90 Å². The van der Waals surface area contributed by atoms with E-state index >= 15 is 0 Å². The van der Waals surface area contributed by atoms with Crippen LogP contribution in [0.25, 0.3) is 0 Å². The SMILES string of the molecule is CCN(CCC(=O)O)C(=O)C1CC(=O)N(Cc2ccccc2)C1. The lowest BCUT2D eigenvalue weighted by Crippen LogP contribution is -2.38. The second-order valence-corrected chi connectivity index (χ2v) is 5.72. The number of hydrogen-bond acceptors (Lipinski definition) is 3. The first kappa shape index (κ1) is 17.0. The van der Waals surface area contributed by atoms with E-state index in [2.05, 4.69) is 0 Å². The number of carboxylic acids is 1. The molecule has 1 aromatic rings. The number of benzene rings is 1. The van der Waals surface area contributed by atoms with E-state index in [0.29, 0.717) is 19.6 Å². The average Bonchev–Trinajstić information content (AvgIpc) is 2.89. The zero-order chi connectivity index (χ0) is 16.8. The van der Waals surface area contributed by atoms with Gasteiger partial charge in [0.15, 0.2) is 0 Å². The van der Waals surface area contributed by atoms with E-state index in [4.69, 9.17) is 5.11 Å². The molecule has 0 aromatic heterocycles. The Hall–Kier alpha value is -2.37. The number of likely N-dealkylation sites (tertiary alicyclic amines) is 1. The molecule has 1 aliphatic heterocycles. The first-order valence-corrected chi connectivity index (χ1v) is 7.83. The number of carbonyl (C=O) groups is 3. The molecule has 0 saturated carbocycles. The molecule has 0 spiro atoms. The van der Waals surface area contributed by atoms with Gasteiger partial charge >= 0.3 is 5.97 Å². The summed E-state index contributed by atoms with van der Waals surface area (Å²) in [4.78, 5) is 38.5. The summed E-state index contributed by atoms with van der Waals surface area (Å²) in [7, 11) is 0. The zero-order valence-electron chi connectivity index (χ0n) is 13.3. The Labute approximate surface area is 135 Å². The lowest BCUT2D eigenvalue weighted by Gasteiger charge is -2.23. The number of hydrogen-bond donors (Lipinski definition) is 1. The molecule has 1 unspecified atom stereocenters. The van der Waals surface area contributed by atoms with E-state index in [1.807, 2.05) is 37.3 Å². The van der Waals surface area contributed by atoms with Crippen molar-refractivity contribution >= 4 is 17.8 Å². The first-order valence-electron chi connectivity index (χ1n) is 7.83. The number of aliphatic carboxylic acids is 1. The monoisotopic (exact) mass is 318 g/mol. The number of amides is 2. The molecule has 2 amide bonds. The van der Waals surface area contributed by atoms with Crippen LogP contribution in [0.3, 0.4) is 0 Å². The van der Waals surface area contributed by atoms with Crippen molar-refractivity contribution < 1.29 is 19.5 Å². The second kappa shape index (κ2) is 7.76. The molecule has 1 aromatic carbocycles. The molecule has 1 heterocycles. The van der Waals surface area contributed by atoms with Gasteiger partial charge in [-0.05, 0) is 12.5 Å². The van der Waals surface area contributed by atoms with Crippen LogP contribution in [0, 0.1) is 5.92 Å². The number of nitrogens with zero attached hydrogens (tertiary/aromatic N) is 2. The van der Waals surface area contributed by atoms with Gasteiger partial charge in [0.25, 0.3) is 0 Å². The Bertz CT molecular complexity index is 573. The lowest BCUT2D eigenvalue weighted by molar-refractivity contribution is -0.139. The summed E-state index contributed by atoms with van der Waals surface area (Å²) in [5, 5.41) is 8.75. The molecule has 1 N–H and O–H groups in total. The maximum absolute atomic E-state index is 12.5. The predicted molar refractivity (Wildman–Crippen MR) is 84.5 cm³/mol. The number of carboxylic acid groups (broad SMARTS) is 1. The van der Waals surface area contributed by atoms with Gasteiger partial charge in [-0.3, -0.25) is 14.4 Å². The minimum atomic E-state index is -0.926. The smallest absolute Gasteiger partial charge is 0.305 e. The van der Waals surface area contributed by atoms with Gasteiger partial charge in [-0.1, -0.05) is 30.3 Å². The maximum atomic E-state index is 12.5. The van der Waals surface area contributed by atoms with Crippen LogP contribution in [-0.4, -0.2) is 52.3 Å². The third-order valence-electron chi connectivity index (χ3n) is 4.07. The third-order valence-corrected chi connectivity index (χ3v) is 4.07. The standard InChI is InChI=1S/C17H22N2O4/c1-2-18(9-8-16(21)22)17(23)14-10-15(20)19(12-14)11-13-6-4-3-5-7-13/h3-7,14H,2,8-12H2,1H3,(H,21,22). The highest BCUT2D eigenvalue weighted by Gasteiger charge is 2.36. The van der Waals surface area contributed by atoms with Crippen molar-refractivity contribution in [1.82, 2.24) is 9.80 Å². The number of carbonyl (C=O) groups excluding carboxylic acids is 2. The Balaban J connectivity index is 1.95. The highest BCUT2D eigenvalue weighted by atomic mass is 16.4. The molecular formula is C17H22N2O4. The van der Waals surface area contributed by atoms with Crippen LogP contribution in [0.1, 0.15) is 25.3 Å². The summed E-state index contributed by atoms with van der Waals surface area (Å²) in [5.41, 5.74) is 1.03. The van der Waals surface area contributed by atoms with Gasteiger partial charge in [0.2, 0.25) is 11.8 Å². The molecule has 124 valence electrons. The van der Waals surface area contributed by atoms with E-state index in [0.717, 1.165) is 5.56 Å². The molecule has 6 nitrogen and oxygen atoms in total. The molecular weight excluding hydrogens is 296 g/mol. The van der Waals surface area contributed by atoms with Crippen molar-refractivity contribution in [3.8, 4) is 0 Å². The largest absolute Gasteiger partial charge is 0.481 e. The average molecular weight is 318 g/mol. The summed E-state index contributed by atoms with van der Waals surface area (Å²) < 4.78 is 0. The lowest BCUT2D eigenvalue weighted by atomic mass is 10.1. The predicted octanol–water partition coefficient (Wildman–Crippen LogP) is 1.36. The molecule has 23 heavy (non-hydrogen) atoms. The van der Waals surface area contributed by atoms with Crippen LogP contribution < -0.4 is 0 Å². The molecule has 2 rings (SSSR count). The first-order chi connectivity index (χ1) is 11.0. The molecule has 0 aliphatic carbocycles. The maximum Gasteiger partial charge on any atom is 0.305 e. The molecule has 6 heteroatoms. The van der Waals surface area contributed by atoms with Gasteiger partial charge in [0.05, 0.1) is 12.3 Å². The van der Waals surface area contributed by atoms with Gasteiger partial charge < -0.3 is 14.9 Å². The van der Waals surface area contributed by atoms with Crippen LogP contribution in [0.15, 0.2) is 30.3 Å². The Morgan fingerprint density at radius 1 is 1.30 bits per heavy atom. The van der Waals surface area contributed by atoms with Gasteiger partial charge in [-0.15, -0.1) is 0 Å². The topological polar surface area (TPSA) is 77.9 Å². The third kappa shape index (κ3) is 4.55. The molecule has 1 saturated heterocycles. The number of rotatable bonds is 7. The van der Waals surface area contributed by atoms with Crippen LogP contribution >= 0.6 is 0 Å². The highest BCUT2D eigenvalue weighted by Crippen LogP contribution is 2.22. The Morgan fingerprint density at radius 3 is 2.61 bits per heavy atom. The minimum Gasteiger partial charge on any atom is -0.481 e.